The molecule has 0 atom stereocenters. The fourth-order valence-electron chi connectivity index (χ4n) is 5.00. The van der Waals surface area contributed by atoms with E-state index in [1.54, 1.807) is 0 Å². The van der Waals surface area contributed by atoms with Crippen molar-refractivity contribution in [2.45, 2.75) is 57.4 Å². The predicted octanol–water partition coefficient (Wildman–Crippen LogP) is 2.07. The Labute approximate surface area is 110 Å². The first-order chi connectivity index (χ1) is 8.69. The number of rotatable bonds is 5. The second-order valence-corrected chi connectivity index (χ2v) is 6.85. The van der Waals surface area contributed by atoms with E-state index < -0.39 is 0 Å². The lowest BCUT2D eigenvalue weighted by Gasteiger charge is -2.56. The molecule has 0 aromatic heterocycles. The van der Waals surface area contributed by atoms with Gasteiger partial charge in [-0.2, -0.15) is 0 Å². The molecule has 0 heterocycles. The zero-order chi connectivity index (χ0) is 12.6. The quantitative estimate of drug-likeness (QED) is 0.733. The molecule has 4 fully saturated rings. The Bertz CT molecular complexity index is 291. The van der Waals surface area contributed by atoms with Gasteiger partial charge in [0.15, 0.2) is 0 Å². The van der Waals surface area contributed by atoms with Crippen molar-refractivity contribution >= 4 is 5.91 Å². The summed E-state index contributed by atoms with van der Waals surface area (Å²) in [6.07, 6.45) is 8.71. The standard InChI is InChI=1S/C15H26N2O/c1-2-16-4-3-14(18)17-15-8-11-5-12(9-15)7-13(6-11)10-15/h11-13,16H,2-10H2,1H3,(H,17,18). The average molecular weight is 250 g/mol. The van der Waals surface area contributed by atoms with Crippen LogP contribution in [0.3, 0.4) is 0 Å². The number of nitrogens with one attached hydrogen (secondary N) is 2. The summed E-state index contributed by atoms with van der Waals surface area (Å²) in [5.41, 5.74) is 0.193. The molecule has 0 aromatic rings. The van der Waals surface area contributed by atoms with E-state index >= 15 is 0 Å². The molecular formula is C15H26N2O. The minimum atomic E-state index is 0.193. The third-order valence-electron chi connectivity index (χ3n) is 5.22. The van der Waals surface area contributed by atoms with Crippen molar-refractivity contribution in [2.24, 2.45) is 17.8 Å². The summed E-state index contributed by atoms with van der Waals surface area (Å²) < 4.78 is 0. The van der Waals surface area contributed by atoms with Crippen LogP contribution in [0.25, 0.3) is 0 Å². The van der Waals surface area contributed by atoms with Crippen molar-refractivity contribution < 1.29 is 4.79 Å². The van der Waals surface area contributed by atoms with Gasteiger partial charge >= 0.3 is 0 Å². The molecule has 102 valence electrons. The third kappa shape index (κ3) is 2.42. The van der Waals surface area contributed by atoms with Crippen LogP contribution >= 0.6 is 0 Å². The monoisotopic (exact) mass is 250 g/mol. The van der Waals surface area contributed by atoms with E-state index in [-0.39, 0.29) is 11.4 Å². The molecule has 4 bridgehead atoms. The Morgan fingerprint density at radius 2 is 1.67 bits per heavy atom. The zero-order valence-electron chi connectivity index (χ0n) is 11.5. The molecule has 0 spiro atoms. The first-order valence-electron chi connectivity index (χ1n) is 7.71. The fourth-order valence-corrected chi connectivity index (χ4v) is 5.00. The van der Waals surface area contributed by atoms with Gasteiger partial charge in [0, 0.05) is 18.5 Å². The maximum absolute atomic E-state index is 12.1. The topological polar surface area (TPSA) is 41.1 Å². The van der Waals surface area contributed by atoms with E-state index in [4.69, 9.17) is 0 Å². The number of hydrogen-bond acceptors (Lipinski definition) is 2. The Balaban J connectivity index is 1.57. The Hall–Kier alpha value is -0.570. The molecule has 0 aliphatic heterocycles. The summed E-state index contributed by atoms with van der Waals surface area (Å²) in [6, 6.07) is 0. The summed E-state index contributed by atoms with van der Waals surface area (Å²) >= 11 is 0. The first kappa shape index (κ1) is 12.5. The lowest BCUT2D eigenvalue weighted by atomic mass is 9.53. The van der Waals surface area contributed by atoms with Crippen LogP contribution < -0.4 is 10.6 Å². The van der Waals surface area contributed by atoms with E-state index in [2.05, 4.69) is 17.6 Å². The number of carbonyl (C=O) groups excluding carboxylic acids is 1. The first-order valence-corrected chi connectivity index (χ1v) is 7.71. The third-order valence-corrected chi connectivity index (χ3v) is 5.22. The highest BCUT2D eigenvalue weighted by atomic mass is 16.1. The van der Waals surface area contributed by atoms with Crippen molar-refractivity contribution in [2.75, 3.05) is 13.1 Å². The van der Waals surface area contributed by atoms with Crippen LogP contribution in [-0.4, -0.2) is 24.5 Å². The van der Waals surface area contributed by atoms with Crippen LogP contribution in [0.15, 0.2) is 0 Å². The summed E-state index contributed by atoms with van der Waals surface area (Å²) in [5, 5.41) is 6.63. The Morgan fingerprint density at radius 3 is 2.17 bits per heavy atom. The van der Waals surface area contributed by atoms with E-state index in [1.165, 1.54) is 38.5 Å². The fraction of sp³-hybridized carbons (Fsp3) is 0.933. The molecule has 3 nitrogen and oxygen atoms in total. The maximum Gasteiger partial charge on any atom is 0.221 e. The molecule has 3 heteroatoms. The molecule has 18 heavy (non-hydrogen) atoms. The minimum Gasteiger partial charge on any atom is -0.351 e. The highest BCUT2D eigenvalue weighted by Gasteiger charge is 2.51. The van der Waals surface area contributed by atoms with Gasteiger partial charge in [0.1, 0.15) is 0 Å². The van der Waals surface area contributed by atoms with Crippen molar-refractivity contribution in [3.05, 3.63) is 0 Å². The van der Waals surface area contributed by atoms with Gasteiger partial charge in [-0.15, -0.1) is 0 Å². The second kappa shape index (κ2) is 4.84. The summed E-state index contributed by atoms with van der Waals surface area (Å²) in [5.74, 6) is 2.99. The number of carbonyl (C=O) groups is 1. The summed E-state index contributed by atoms with van der Waals surface area (Å²) in [6.45, 7) is 3.84. The molecule has 0 saturated heterocycles. The van der Waals surface area contributed by atoms with Gasteiger partial charge in [0.25, 0.3) is 0 Å². The van der Waals surface area contributed by atoms with Crippen LogP contribution in [0.5, 0.6) is 0 Å². The van der Waals surface area contributed by atoms with Crippen molar-refractivity contribution in [3.8, 4) is 0 Å². The van der Waals surface area contributed by atoms with Crippen LogP contribution in [0.1, 0.15) is 51.9 Å². The van der Waals surface area contributed by atoms with Crippen molar-refractivity contribution in [1.82, 2.24) is 10.6 Å². The van der Waals surface area contributed by atoms with Gasteiger partial charge in [-0.25, -0.2) is 0 Å². The number of amides is 1. The second-order valence-electron chi connectivity index (χ2n) is 6.85. The Kier molecular flexibility index (Phi) is 3.35. The molecule has 4 rings (SSSR count). The van der Waals surface area contributed by atoms with E-state index in [0.29, 0.717) is 6.42 Å². The normalized spacial score (nSPS) is 41.1. The molecule has 0 unspecified atom stereocenters. The molecule has 0 radical (unpaired) electrons. The maximum atomic E-state index is 12.1. The number of hydrogen-bond donors (Lipinski definition) is 2. The van der Waals surface area contributed by atoms with E-state index in [1.807, 2.05) is 0 Å². The van der Waals surface area contributed by atoms with Crippen molar-refractivity contribution in [1.29, 1.82) is 0 Å². The predicted molar refractivity (Wildman–Crippen MR) is 72.2 cm³/mol. The van der Waals surface area contributed by atoms with Crippen molar-refractivity contribution in [3.63, 3.8) is 0 Å². The van der Waals surface area contributed by atoms with Gasteiger partial charge in [0.05, 0.1) is 0 Å². The highest BCUT2D eigenvalue weighted by Crippen LogP contribution is 2.55. The summed E-state index contributed by atoms with van der Waals surface area (Å²) in [4.78, 5) is 12.1. The average Bonchev–Trinajstić information content (AvgIpc) is 2.26. The zero-order valence-corrected chi connectivity index (χ0v) is 11.5. The largest absolute Gasteiger partial charge is 0.351 e. The van der Waals surface area contributed by atoms with E-state index in [0.717, 1.165) is 30.8 Å². The van der Waals surface area contributed by atoms with Gasteiger partial charge < -0.3 is 10.6 Å². The minimum absolute atomic E-state index is 0.193. The van der Waals surface area contributed by atoms with Crippen LogP contribution in [0.4, 0.5) is 0 Å². The smallest absolute Gasteiger partial charge is 0.221 e. The van der Waals surface area contributed by atoms with Crippen LogP contribution in [-0.2, 0) is 4.79 Å². The molecule has 4 aliphatic carbocycles. The summed E-state index contributed by atoms with van der Waals surface area (Å²) in [7, 11) is 0. The van der Waals surface area contributed by atoms with Gasteiger partial charge in [-0.1, -0.05) is 6.92 Å². The Morgan fingerprint density at radius 1 is 1.11 bits per heavy atom. The van der Waals surface area contributed by atoms with Crippen LogP contribution in [0.2, 0.25) is 0 Å². The molecule has 2 N–H and O–H groups in total. The van der Waals surface area contributed by atoms with Gasteiger partial charge in [0.2, 0.25) is 5.91 Å². The van der Waals surface area contributed by atoms with Gasteiger partial charge in [-0.05, 0) is 62.8 Å². The van der Waals surface area contributed by atoms with E-state index in [9.17, 15) is 4.79 Å². The molecule has 4 saturated carbocycles. The SMILES string of the molecule is CCNCCC(=O)NC12CC3CC(CC(C3)C1)C2. The molecule has 0 aromatic carbocycles. The van der Waals surface area contributed by atoms with Gasteiger partial charge in [-0.3, -0.25) is 4.79 Å². The molecular weight excluding hydrogens is 224 g/mol. The lowest BCUT2D eigenvalue weighted by molar-refractivity contribution is -0.126. The molecule has 1 amide bonds. The highest BCUT2D eigenvalue weighted by molar-refractivity contribution is 5.77. The lowest BCUT2D eigenvalue weighted by Crippen LogP contribution is -2.60. The van der Waals surface area contributed by atoms with Crippen LogP contribution in [0, 0.1) is 17.8 Å². The molecule has 4 aliphatic rings.